The normalized spacial score (nSPS) is 17.5. The number of benzene rings is 1. The summed E-state index contributed by atoms with van der Waals surface area (Å²) in [5.41, 5.74) is 7.75. The lowest BCUT2D eigenvalue weighted by Gasteiger charge is -2.32. The molecule has 0 amide bonds. The molecule has 0 unspecified atom stereocenters. The number of likely N-dealkylation sites (tertiary alicyclic amines) is 1. The largest absolute Gasteiger partial charge is 0.392 e. The van der Waals surface area contributed by atoms with Crippen LogP contribution in [0.3, 0.4) is 0 Å². The van der Waals surface area contributed by atoms with Crippen LogP contribution in [0.5, 0.6) is 0 Å². The minimum Gasteiger partial charge on any atom is -0.392 e. The van der Waals surface area contributed by atoms with E-state index in [1.54, 1.807) is 0 Å². The third kappa shape index (κ3) is 4.87. The molecule has 20 heavy (non-hydrogen) atoms. The molecule has 2 rings (SSSR count). The predicted molar refractivity (Wildman–Crippen MR) is 80.3 cm³/mol. The Morgan fingerprint density at radius 2 is 1.80 bits per heavy atom. The molecule has 0 aliphatic carbocycles. The zero-order valence-corrected chi connectivity index (χ0v) is 12.1. The van der Waals surface area contributed by atoms with Crippen molar-refractivity contribution in [1.29, 1.82) is 0 Å². The maximum atomic E-state index is 9.04. The SMILES string of the molecule is NCCCOC1CCN(Cc2ccc(CO)cc2)CC1. The summed E-state index contributed by atoms with van der Waals surface area (Å²) in [7, 11) is 0. The Bertz CT molecular complexity index is 373. The maximum absolute atomic E-state index is 9.04. The van der Waals surface area contributed by atoms with Gasteiger partial charge in [0.2, 0.25) is 0 Å². The van der Waals surface area contributed by atoms with Crippen LogP contribution in [0.1, 0.15) is 30.4 Å². The van der Waals surface area contributed by atoms with E-state index >= 15 is 0 Å². The summed E-state index contributed by atoms with van der Waals surface area (Å²) in [6.45, 7) is 4.80. The predicted octanol–water partition coefficient (Wildman–Crippen LogP) is 1.51. The van der Waals surface area contributed by atoms with E-state index < -0.39 is 0 Å². The molecule has 1 saturated heterocycles. The summed E-state index contributed by atoms with van der Waals surface area (Å²) in [6.07, 6.45) is 3.59. The molecule has 1 heterocycles. The molecule has 1 aromatic carbocycles. The summed E-state index contributed by atoms with van der Waals surface area (Å²) in [5.74, 6) is 0. The Labute approximate surface area is 121 Å². The molecule has 0 aromatic heterocycles. The smallest absolute Gasteiger partial charge is 0.0681 e. The van der Waals surface area contributed by atoms with E-state index in [-0.39, 0.29) is 6.61 Å². The molecule has 1 aliphatic heterocycles. The number of nitrogens with zero attached hydrogens (tertiary/aromatic N) is 1. The molecule has 0 atom stereocenters. The van der Waals surface area contributed by atoms with Crippen molar-refractivity contribution in [3.05, 3.63) is 35.4 Å². The van der Waals surface area contributed by atoms with Gasteiger partial charge in [0.1, 0.15) is 0 Å². The van der Waals surface area contributed by atoms with Crippen molar-refractivity contribution in [2.24, 2.45) is 5.73 Å². The Morgan fingerprint density at radius 1 is 1.15 bits per heavy atom. The average Bonchev–Trinajstić information content (AvgIpc) is 2.50. The zero-order chi connectivity index (χ0) is 14.2. The highest BCUT2D eigenvalue weighted by molar-refractivity contribution is 5.21. The lowest BCUT2D eigenvalue weighted by molar-refractivity contribution is 0.00563. The fourth-order valence-electron chi connectivity index (χ4n) is 2.58. The van der Waals surface area contributed by atoms with Crippen molar-refractivity contribution in [3.63, 3.8) is 0 Å². The molecule has 0 saturated carbocycles. The van der Waals surface area contributed by atoms with E-state index in [1.807, 2.05) is 12.1 Å². The zero-order valence-electron chi connectivity index (χ0n) is 12.1. The summed E-state index contributed by atoms with van der Waals surface area (Å²) < 4.78 is 5.82. The summed E-state index contributed by atoms with van der Waals surface area (Å²) in [6, 6.07) is 8.21. The summed E-state index contributed by atoms with van der Waals surface area (Å²) in [4.78, 5) is 2.47. The highest BCUT2D eigenvalue weighted by Gasteiger charge is 2.19. The molecule has 4 nitrogen and oxygen atoms in total. The Kier molecular flexibility index (Phi) is 6.47. The van der Waals surface area contributed by atoms with Crippen LogP contribution in [0.15, 0.2) is 24.3 Å². The molecule has 1 aliphatic rings. The van der Waals surface area contributed by atoms with Crippen molar-refractivity contribution in [3.8, 4) is 0 Å². The van der Waals surface area contributed by atoms with Crippen molar-refractivity contribution < 1.29 is 9.84 Å². The number of nitrogens with two attached hydrogens (primary N) is 1. The summed E-state index contributed by atoms with van der Waals surface area (Å²) >= 11 is 0. The first kappa shape index (κ1) is 15.4. The second-order valence-corrected chi connectivity index (χ2v) is 5.46. The fraction of sp³-hybridized carbons (Fsp3) is 0.625. The minimum atomic E-state index is 0.117. The lowest BCUT2D eigenvalue weighted by Crippen LogP contribution is -2.36. The van der Waals surface area contributed by atoms with E-state index in [0.717, 1.165) is 51.1 Å². The molecule has 0 spiro atoms. The second kappa shape index (κ2) is 8.37. The van der Waals surface area contributed by atoms with Gasteiger partial charge in [-0.05, 0) is 36.9 Å². The fourth-order valence-corrected chi connectivity index (χ4v) is 2.58. The van der Waals surface area contributed by atoms with Gasteiger partial charge in [0, 0.05) is 26.2 Å². The molecular formula is C16H26N2O2. The van der Waals surface area contributed by atoms with Crippen LogP contribution < -0.4 is 5.73 Å². The van der Waals surface area contributed by atoms with Crippen molar-refractivity contribution in [1.82, 2.24) is 4.90 Å². The van der Waals surface area contributed by atoms with Gasteiger partial charge in [0.05, 0.1) is 12.7 Å². The number of piperidine rings is 1. The monoisotopic (exact) mass is 278 g/mol. The van der Waals surface area contributed by atoms with Crippen LogP contribution in [0, 0.1) is 0 Å². The second-order valence-electron chi connectivity index (χ2n) is 5.46. The third-order valence-corrected chi connectivity index (χ3v) is 3.85. The topological polar surface area (TPSA) is 58.7 Å². The third-order valence-electron chi connectivity index (χ3n) is 3.85. The summed E-state index contributed by atoms with van der Waals surface area (Å²) in [5, 5.41) is 9.04. The standard InChI is InChI=1S/C16H26N2O2/c17-8-1-11-20-16-6-9-18(10-7-16)12-14-2-4-15(13-19)5-3-14/h2-5,16,19H,1,6-13,17H2. The van der Waals surface area contributed by atoms with Gasteiger partial charge < -0.3 is 15.6 Å². The number of aliphatic hydroxyl groups excluding tert-OH is 1. The van der Waals surface area contributed by atoms with E-state index in [1.165, 1.54) is 5.56 Å². The number of ether oxygens (including phenoxy) is 1. The molecule has 3 N–H and O–H groups in total. The molecule has 112 valence electrons. The van der Waals surface area contributed by atoms with Crippen LogP contribution in [0.4, 0.5) is 0 Å². The van der Waals surface area contributed by atoms with Crippen molar-refractivity contribution in [2.45, 2.75) is 38.5 Å². The Balaban J connectivity index is 1.70. The average molecular weight is 278 g/mol. The van der Waals surface area contributed by atoms with Gasteiger partial charge >= 0.3 is 0 Å². The number of hydrogen-bond donors (Lipinski definition) is 2. The lowest BCUT2D eigenvalue weighted by atomic mass is 10.1. The van der Waals surface area contributed by atoms with Gasteiger partial charge in [0.15, 0.2) is 0 Å². The van der Waals surface area contributed by atoms with Gasteiger partial charge in [-0.15, -0.1) is 0 Å². The van der Waals surface area contributed by atoms with Gasteiger partial charge in [-0.1, -0.05) is 24.3 Å². The highest BCUT2D eigenvalue weighted by atomic mass is 16.5. The van der Waals surface area contributed by atoms with Crippen molar-refractivity contribution >= 4 is 0 Å². The molecular weight excluding hydrogens is 252 g/mol. The van der Waals surface area contributed by atoms with E-state index in [4.69, 9.17) is 15.6 Å². The molecule has 0 bridgehead atoms. The van der Waals surface area contributed by atoms with Crippen LogP contribution in [0.2, 0.25) is 0 Å². The van der Waals surface area contributed by atoms with E-state index in [0.29, 0.717) is 12.6 Å². The quantitative estimate of drug-likeness (QED) is 0.742. The van der Waals surface area contributed by atoms with Gasteiger partial charge in [-0.2, -0.15) is 0 Å². The van der Waals surface area contributed by atoms with Crippen LogP contribution in [-0.2, 0) is 17.9 Å². The number of aliphatic hydroxyl groups is 1. The molecule has 1 aromatic rings. The van der Waals surface area contributed by atoms with Gasteiger partial charge in [-0.25, -0.2) is 0 Å². The Hall–Kier alpha value is -0.940. The molecule has 4 heteroatoms. The van der Waals surface area contributed by atoms with Crippen LogP contribution >= 0.6 is 0 Å². The Morgan fingerprint density at radius 3 is 2.40 bits per heavy atom. The first-order valence-corrected chi connectivity index (χ1v) is 7.54. The highest BCUT2D eigenvalue weighted by Crippen LogP contribution is 2.16. The molecule has 1 fully saturated rings. The van der Waals surface area contributed by atoms with E-state index in [9.17, 15) is 0 Å². The first-order chi connectivity index (χ1) is 9.81. The first-order valence-electron chi connectivity index (χ1n) is 7.54. The number of rotatable bonds is 7. The van der Waals surface area contributed by atoms with Gasteiger partial charge in [0.25, 0.3) is 0 Å². The number of hydrogen-bond acceptors (Lipinski definition) is 4. The van der Waals surface area contributed by atoms with Crippen LogP contribution in [0.25, 0.3) is 0 Å². The van der Waals surface area contributed by atoms with Gasteiger partial charge in [-0.3, -0.25) is 4.90 Å². The van der Waals surface area contributed by atoms with E-state index in [2.05, 4.69) is 17.0 Å². The maximum Gasteiger partial charge on any atom is 0.0681 e. The minimum absolute atomic E-state index is 0.117. The van der Waals surface area contributed by atoms with Crippen LogP contribution in [-0.4, -0.2) is 42.4 Å². The molecule has 0 radical (unpaired) electrons. The van der Waals surface area contributed by atoms with Crippen molar-refractivity contribution in [2.75, 3.05) is 26.2 Å².